The summed E-state index contributed by atoms with van der Waals surface area (Å²) < 4.78 is 30.2. The Morgan fingerprint density at radius 3 is 2.24 bits per heavy atom. The van der Waals surface area contributed by atoms with Crippen molar-refractivity contribution in [2.75, 3.05) is 7.11 Å². The Balaban J connectivity index is 1.87. The number of aromatic nitrogens is 1. The molecule has 2 N–H and O–H groups in total. The molecule has 0 saturated carbocycles. The topological polar surface area (TPSA) is 110 Å². The molecule has 3 aromatic carbocycles. The first-order chi connectivity index (χ1) is 16.3. The fourth-order valence-electron chi connectivity index (χ4n) is 3.40. The van der Waals surface area contributed by atoms with E-state index in [1.807, 2.05) is 36.4 Å². The number of nitrogens with zero attached hydrogens (tertiary/aromatic N) is 3. The number of halogens is 1. The maximum Gasteiger partial charge on any atom is 0.238 e. The van der Waals surface area contributed by atoms with Gasteiger partial charge >= 0.3 is 0 Å². The first-order valence-electron chi connectivity index (χ1n) is 10.0. The third-order valence-corrected chi connectivity index (χ3v) is 6.32. The van der Waals surface area contributed by atoms with Crippen molar-refractivity contribution in [3.63, 3.8) is 0 Å². The number of nitrogens with two attached hydrogens (primary N) is 1. The lowest BCUT2D eigenvalue weighted by Crippen LogP contribution is -2.11. The van der Waals surface area contributed by atoms with E-state index in [1.165, 1.54) is 12.1 Å². The summed E-state index contributed by atoms with van der Waals surface area (Å²) in [7, 11) is -2.24. The van der Waals surface area contributed by atoms with Crippen LogP contribution in [0.5, 0.6) is 5.75 Å². The summed E-state index contributed by atoms with van der Waals surface area (Å²) in [5, 5.41) is 15.8. The Morgan fingerprint density at radius 1 is 1.03 bits per heavy atom. The van der Waals surface area contributed by atoms with Crippen molar-refractivity contribution in [1.29, 1.82) is 5.26 Å². The van der Waals surface area contributed by atoms with E-state index in [0.29, 0.717) is 27.7 Å². The van der Waals surface area contributed by atoms with Crippen LogP contribution in [0.1, 0.15) is 11.1 Å². The molecule has 0 fully saturated rings. The summed E-state index contributed by atoms with van der Waals surface area (Å²) in [5.41, 5.74) is 3.25. The first-order valence-corrected chi connectivity index (χ1v) is 12.0. The van der Waals surface area contributed by atoms with Gasteiger partial charge in [-0.1, -0.05) is 23.7 Å². The average molecular weight is 491 g/mol. The van der Waals surface area contributed by atoms with E-state index in [0.717, 1.165) is 16.9 Å². The van der Waals surface area contributed by atoms with Crippen molar-refractivity contribution < 1.29 is 13.2 Å². The SMILES string of the molecule is COc1ccc(C=Nc2c(C#N)c(-c3ccc(Cl)cc3)cn2-c2ccc(S(N)(=O)=O)cc2)cc1. The number of primary sulfonamides is 1. The van der Waals surface area contributed by atoms with Gasteiger partial charge < -0.3 is 9.30 Å². The third-order valence-electron chi connectivity index (χ3n) is 5.14. The van der Waals surface area contributed by atoms with Crippen LogP contribution in [0.25, 0.3) is 16.8 Å². The zero-order valence-corrected chi connectivity index (χ0v) is 19.6. The molecule has 0 spiro atoms. The van der Waals surface area contributed by atoms with E-state index in [9.17, 15) is 13.7 Å². The lowest BCUT2D eigenvalue weighted by atomic mass is 10.1. The van der Waals surface area contributed by atoms with Gasteiger partial charge in [0.15, 0.2) is 5.82 Å². The van der Waals surface area contributed by atoms with Gasteiger partial charge in [-0.2, -0.15) is 5.26 Å². The van der Waals surface area contributed by atoms with Gasteiger partial charge in [-0.25, -0.2) is 18.5 Å². The molecule has 0 unspecified atom stereocenters. The van der Waals surface area contributed by atoms with E-state index in [2.05, 4.69) is 11.1 Å². The molecule has 0 aliphatic rings. The van der Waals surface area contributed by atoms with Crippen LogP contribution in [0.2, 0.25) is 5.02 Å². The van der Waals surface area contributed by atoms with E-state index >= 15 is 0 Å². The second-order valence-electron chi connectivity index (χ2n) is 7.30. The molecule has 4 aromatic rings. The molecule has 0 atom stereocenters. The number of rotatable bonds is 6. The number of sulfonamides is 1. The number of nitriles is 1. The number of ether oxygens (including phenoxy) is 1. The highest BCUT2D eigenvalue weighted by atomic mass is 35.5. The van der Waals surface area contributed by atoms with Gasteiger partial charge in [0.05, 0.1) is 12.0 Å². The number of methoxy groups -OCH3 is 1. The lowest BCUT2D eigenvalue weighted by molar-refractivity contribution is 0.415. The fraction of sp³-hybridized carbons (Fsp3) is 0.0400. The Morgan fingerprint density at radius 2 is 1.68 bits per heavy atom. The van der Waals surface area contributed by atoms with E-state index in [-0.39, 0.29) is 4.90 Å². The Kier molecular flexibility index (Phi) is 6.52. The van der Waals surface area contributed by atoms with Gasteiger partial charge in [0.25, 0.3) is 0 Å². The molecule has 0 bridgehead atoms. The summed E-state index contributed by atoms with van der Waals surface area (Å²) in [5.74, 6) is 1.12. The highest BCUT2D eigenvalue weighted by Crippen LogP contribution is 2.36. The predicted molar refractivity (Wildman–Crippen MR) is 133 cm³/mol. The lowest BCUT2D eigenvalue weighted by Gasteiger charge is -2.07. The van der Waals surface area contributed by atoms with Gasteiger partial charge in [0.2, 0.25) is 10.0 Å². The molecular weight excluding hydrogens is 472 g/mol. The van der Waals surface area contributed by atoms with Gasteiger partial charge in [-0.15, -0.1) is 0 Å². The Labute approximate surface area is 202 Å². The van der Waals surface area contributed by atoms with Crippen molar-refractivity contribution in [3.8, 4) is 28.6 Å². The smallest absolute Gasteiger partial charge is 0.238 e. The minimum atomic E-state index is -3.83. The minimum absolute atomic E-state index is 0.00915. The minimum Gasteiger partial charge on any atom is -0.497 e. The van der Waals surface area contributed by atoms with E-state index in [4.69, 9.17) is 21.5 Å². The van der Waals surface area contributed by atoms with Gasteiger partial charge in [-0.3, -0.25) is 0 Å². The largest absolute Gasteiger partial charge is 0.497 e. The summed E-state index contributed by atoms with van der Waals surface area (Å²) in [6.07, 6.45) is 3.44. The zero-order valence-electron chi connectivity index (χ0n) is 18.0. The van der Waals surface area contributed by atoms with Gasteiger partial charge in [0, 0.05) is 28.7 Å². The van der Waals surface area contributed by atoms with Crippen LogP contribution < -0.4 is 9.88 Å². The fourth-order valence-corrected chi connectivity index (χ4v) is 4.04. The highest BCUT2D eigenvalue weighted by molar-refractivity contribution is 7.89. The molecule has 34 heavy (non-hydrogen) atoms. The molecular formula is C25H19ClN4O3S. The monoisotopic (exact) mass is 490 g/mol. The first kappa shape index (κ1) is 23.3. The quantitative estimate of drug-likeness (QED) is 0.380. The molecule has 1 heterocycles. The number of hydrogen-bond donors (Lipinski definition) is 1. The van der Waals surface area contributed by atoms with Crippen molar-refractivity contribution in [2.45, 2.75) is 4.90 Å². The maximum atomic E-state index is 11.7. The second-order valence-corrected chi connectivity index (χ2v) is 9.30. The Hall–Kier alpha value is -3.90. The number of aliphatic imine (C=N–C) groups is 1. The van der Waals surface area contributed by atoms with Crippen LogP contribution >= 0.6 is 11.6 Å². The van der Waals surface area contributed by atoms with Crippen LogP contribution in [0.4, 0.5) is 5.82 Å². The molecule has 0 saturated heterocycles. The van der Waals surface area contributed by atoms with E-state index < -0.39 is 10.0 Å². The average Bonchev–Trinajstić information content (AvgIpc) is 3.21. The van der Waals surface area contributed by atoms with Crippen molar-refractivity contribution in [3.05, 3.63) is 95.1 Å². The number of hydrogen-bond acceptors (Lipinski definition) is 5. The van der Waals surface area contributed by atoms with Crippen LogP contribution in [0.15, 0.2) is 88.9 Å². The summed E-state index contributed by atoms with van der Waals surface area (Å²) in [6.45, 7) is 0. The maximum absolute atomic E-state index is 11.7. The van der Waals surface area contributed by atoms with Crippen LogP contribution in [0.3, 0.4) is 0 Å². The molecule has 4 rings (SSSR count). The zero-order chi connectivity index (χ0) is 24.3. The Bertz CT molecular complexity index is 1500. The molecule has 0 aliphatic carbocycles. The standard InChI is InChI=1S/C25H19ClN4O3S/c1-33-21-10-2-17(3-11-21)15-29-25-23(14-27)24(18-4-6-19(26)7-5-18)16-30(25)20-8-12-22(13-9-20)34(28,31)32/h2-13,15-16H,1H3,(H2,28,31,32). The molecule has 1 aromatic heterocycles. The van der Waals surface area contributed by atoms with Crippen LogP contribution in [0, 0.1) is 11.3 Å². The predicted octanol–water partition coefficient (Wildman–Crippen LogP) is 5.08. The molecule has 0 aliphatic heterocycles. The molecule has 0 amide bonds. The summed E-state index contributed by atoms with van der Waals surface area (Å²) >= 11 is 6.03. The number of benzene rings is 3. The second kappa shape index (κ2) is 9.53. The van der Waals surface area contributed by atoms with Crippen molar-refractivity contribution >= 4 is 33.7 Å². The molecule has 7 nitrogen and oxygen atoms in total. The van der Waals surface area contributed by atoms with Crippen molar-refractivity contribution in [1.82, 2.24) is 4.57 Å². The van der Waals surface area contributed by atoms with Gasteiger partial charge in [0.1, 0.15) is 17.4 Å². The normalized spacial score (nSPS) is 11.5. The summed E-state index contributed by atoms with van der Waals surface area (Å²) in [4.78, 5) is 4.61. The van der Waals surface area contributed by atoms with Crippen molar-refractivity contribution in [2.24, 2.45) is 10.1 Å². The van der Waals surface area contributed by atoms with Crippen LogP contribution in [-0.2, 0) is 10.0 Å². The van der Waals surface area contributed by atoms with Gasteiger partial charge in [-0.05, 0) is 71.8 Å². The third kappa shape index (κ3) is 4.87. The highest BCUT2D eigenvalue weighted by Gasteiger charge is 2.18. The van der Waals surface area contributed by atoms with Crippen LogP contribution in [-0.4, -0.2) is 26.3 Å². The summed E-state index contributed by atoms with van der Waals surface area (Å²) in [6, 6.07) is 22.8. The molecule has 170 valence electrons. The molecule has 9 heteroatoms. The van der Waals surface area contributed by atoms with E-state index in [1.54, 1.807) is 48.4 Å². The molecule has 0 radical (unpaired) electrons.